The van der Waals surface area contributed by atoms with Crippen molar-refractivity contribution in [3.8, 4) is 5.75 Å². The molecule has 8 N–H and O–H groups in total. The molecule has 0 spiro atoms. The van der Waals surface area contributed by atoms with Crippen molar-refractivity contribution in [2.24, 2.45) is 0 Å². The van der Waals surface area contributed by atoms with Gasteiger partial charge in [0.15, 0.2) is 6.29 Å². The number of benzene rings is 1. The zero-order chi connectivity index (χ0) is 30.8. The number of aliphatic hydroxyl groups is 7. The first-order valence-electron chi connectivity index (χ1n) is 14.7. The minimum absolute atomic E-state index is 0.0427. The van der Waals surface area contributed by atoms with Crippen LogP contribution in [0.5, 0.6) is 5.75 Å². The van der Waals surface area contributed by atoms with Crippen LogP contribution in [0.25, 0.3) is 0 Å². The summed E-state index contributed by atoms with van der Waals surface area (Å²) in [6, 6.07) is 5.06. The third-order valence-corrected chi connectivity index (χ3v) is 7.86. The van der Waals surface area contributed by atoms with Crippen molar-refractivity contribution < 1.29 is 59.5 Å². The van der Waals surface area contributed by atoms with Crippen molar-refractivity contribution in [3.63, 3.8) is 0 Å². The van der Waals surface area contributed by atoms with Crippen LogP contribution in [0, 0.1) is 0 Å². The summed E-state index contributed by atoms with van der Waals surface area (Å²) in [4.78, 5) is 12.3. The minimum Gasteiger partial charge on any atom is -0.496 e. The van der Waals surface area contributed by atoms with Gasteiger partial charge in [-0.05, 0) is 18.1 Å². The molecule has 0 saturated carbocycles. The molecule has 13 nitrogen and oxygen atoms in total. The molecule has 13 heteroatoms. The average Bonchev–Trinajstić information content (AvgIpc) is 3.00. The second-order valence-electron chi connectivity index (χ2n) is 10.9. The maximum Gasteiger partial charge on any atom is 0.220 e. The lowest BCUT2D eigenvalue weighted by Crippen LogP contribution is -2.63. The lowest BCUT2D eigenvalue weighted by atomic mass is 9.90. The van der Waals surface area contributed by atoms with E-state index in [0.29, 0.717) is 17.7 Å². The average molecular weight is 602 g/mol. The third kappa shape index (κ3) is 8.59. The first-order valence-corrected chi connectivity index (χ1v) is 14.7. The van der Waals surface area contributed by atoms with Gasteiger partial charge in [0.05, 0.1) is 20.3 Å². The predicted molar refractivity (Wildman–Crippen MR) is 148 cm³/mol. The Balaban J connectivity index is 1.63. The topological polar surface area (TPSA) is 208 Å². The number of amides is 1. The van der Waals surface area contributed by atoms with E-state index in [-0.39, 0.29) is 12.5 Å². The summed E-state index contributed by atoms with van der Waals surface area (Å²) in [5.74, 6) is 0.290. The van der Waals surface area contributed by atoms with Gasteiger partial charge in [-0.3, -0.25) is 4.79 Å². The van der Waals surface area contributed by atoms with Crippen LogP contribution in [-0.2, 0) is 25.5 Å². The standard InChI is InChI=1S/C29H47NO12/c1-3-4-5-6-7-8-9-21(33)30-13-16-10-11-17(18(12-16)39-2)27-24(36)25(37)28(20(15-32)40-27)42-29-26(38)23(35)22(34)19(14-31)41-29/h10-12,19-20,22-29,31-32,34-38H,3-9,13-15H2,1-2H3,(H,30,33)/t19-,20-,22-,23+,24-,25-,26-,27-,28-,29-/m1/s1. The van der Waals surface area contributed by atoms with Gasteiger partial charge in [0, 0.05) is 18.5 Å². The van der Waals surface area contributed by atoms with Crippen LogP contribution in [0.1, 0.15) is 69.1 Å². The summed E-state index contributed by atoms with van der Waals surface area (Å²) in [5.41, 5.74) is 1.14. The van der Waals surface area contributed by atoms with E-state index < -0.39 is 74.4 Å². The van der Waals surface area contributed by atoms with Crippen LogP contribution in [0.4, 0.5) is 0 Å². The molecule has 1 aromatic rings. The molecule has 2 aliphatic heterocycles. The van der Waals surface area contributed by atoms with Gasteiger partial charge in [-0.1, -0.05) is 51.2 Å². The molecule has 2 saturated heterocycles. The molecular weight excluding hydrogens is 554 g/mol. The summed E-state index contributed by atoms with van der Waals surface area (Å²) >= 11 is 0. The molecule has 240 valence electrons. The van der Waals surface area contributed by atoms with Crippen LogP contribution in [0.3, 0.4) is 0 Å². The number of hydrogen-bond acceptors (Lipinski definition) is 12. The fraction of sp³-hybridized carbons (Fsp3) is 0.759. The molecule has 2 fully saturated rings. The Hall–Kier alpha value is -1.91. The Morgan fingerprint density at radius 1 is 0.857 bits per heavy atom. The molecule has 0 bridgehead atoms. The summed E-state index contributed by atoms with van der Waals surface area (Å²) < 4.78 is 22.4. The van der Waals surface area contributed by atoms with Crippen molar-refractivity contribution in [1.29, 1.82) is 0 Å². The molecule has 0 radical (unpaired) electrons. The van der Waals surface area contributed by atoms with E-state index in [2.05, 4.69) is 12.2 Å². The Bertz CT molecular complexity index is 963. The molecule has 42 heavy (non-hydrogen) atoms. The number of aliphatic hydroxyl groups excluding tert-OH is 7. The molecule has 10 atom stereocenters. The predicted octanol–water partition coefficient (Wildman–Crippen LogP) is -0.599. The van der Waals surface area contributed by atoms with Gasteiger partial charge in [0.2, 0.25) is 5.91 Å². The van der Waals surface area contributed by atoms with Crippen molar-refractivity contribution in [3.05, 3.63) is 29.3 Å². The summed E-state index contributed by atoms with van der Waals surface area (Å²) in [7, 11) is 1.43. The van der Waals surface area contributed by atoms with Gasteiger partial charge in [0.1, 0.15) is 60.7 Å². The van der Waals surface area contributed by atoms with Gasteiger partial charge in [0.25, 0.3) is 0 Å². The number of methoxy groups -OCH3 is 1. The second-order valence-corrected chi connectivity index (χ2v) is 10.9. The number of carbonyl (C=O) groups is 1. The zero-order valence-corrected chi connectivity index (χ0v) is 24.2. The van der Waals surface area contributed by atoms with Gasteiger partial charge in [-0.15, -0.1) is 0 Å². The van der Waals surface area contributed by atoms with Crippen LogP contribution in [0.15, 0.2) is 18.2 Å². The van der Waals surface area contributed by atoms with Crippen molar-refractivity contribution in [2.75, 3.05) is 20.3 Å². The fourth-order valence-corrected chi connectivity index (χ4v) is 5.30. The number of hydrogen-bond donors (Lipinski definition) is 8. The van der Waals surface area contributed by atoms with E-state index in [1.54, 1.807) is 18.2 Å². The highest BCUT2D eigenvalue weighted by molar-refractivity contribution is 5.75. The molecule has 2 heterocycles. The maximum absolute atomic E-state index is 12.3. The molecule has 1 amide bonds. The summed E-state index contributed by atoms with van der Waals surface area (Å²) in [6.45, 7) is 1.11. The SMILES string of the molecule is CCCCCCCCC(=O)NCc1ccc([C@H]2O[C@H](CO)[C@@H](O[C@H]3O[C@H](CO)[C@@H](O)[C@H](O)[C@H]3O)[C@H](O)[C@H]2O)c(OC)c1. The molecule has 1 aromatic carbocycles. The molecule has 0 unspecified atom stereocenters. The van der Waals surface area contributed by atoms with Gasteiger partial charge >= 0.3 is 0 Å². The number of carbonyl (C=O) groups excluding carboxylic acids is 1. The Labute approximate surface area is 246 Å². The Kier molecular flexibility index (Phi) is 13.8. The van der Waals surface area contributed by atoms with Crippen molar-refractivity contribution in [2.45, 2.75) is 120 Å². The van der Waals surface area contributed by atoms with Gasteiger partial charge < -0.3 is 60.0 Å². The number of rotatable bonds is 15. The second kappa shape index (κ2) is 16.8. The minimum atomic E-state index is -1.75. The largest absolute Gasteiger partial charge is 0.496 e. The number of nitrogens with one attached hydrogen (secondary N) is 1. The molecule has 0 aliphatic carbocycles. The van der Waals surface area contributed by atoms with Crippen LogP contribution in [-0.4, -0.2) is 117 Å². The lowest BCUT2D eigenvalue weighted by molar-refractivity contribution is -0.342. The third-order valence-electron chi connectivity index (χ3n) is 7.86. The summed E-state index contributed by atoms with van der Waals surface area (Å²) in [6.07, 6.45) is -7.86. The van der Waals surface area contributed by atoms with Crippen molar-refractivity contribution in [1.82, 2.24) is 5.32 Å². The highest BCUT2D eigenvalue weighted by atomic mass is 16.7. The zero-order valence-electron chi connectivity index (χ0n) is 24.2. The number of ether oxygens (including phenoxy) is 4. The highest BCUT2D eigenvalue weighted by Crippen LogP contribution is 2.39. The van der Waals surface area contributed by atoms with E-state index in [9.17, 15) is 40.5 Å². The van der Waals surface area contributed by atoms with Crippen LogP contribution >= 0.6 is 0 Å². The van der Waals surface area contributed by atoms with Gasteiger partial charge in [-0.2, -0.15) is 0 Å². The quantitative estimate of drug-likeness (QED) is 0.119. The molecular formula is C29H47NO12. The highest BCUT2D eigenvalue weighted by Gasteiger charge is 2.51. The lowest BCUT2D eigenvalue weighted by Gasteiger charge is -2.46. The molecule has 3 rings (SSSR count). The van der Waals surface area contributed by atoms with Crippen molar-refractivity contribution >= 4 is 5.91 Å². The summed E-state index contributed by atoms with van der Waals surface area (Å²) in [5, 5.41) is 74.7. The Morgan fingerprint density at radius 3 is 2.21 bits per heavy atom. The van der Waals surface area contributed by atoms with Gasteiger partial charge in [-0.25, -0.2) is 0 Å². The first-order chi connectivity index (χ1) is 20.2. The van der Waals surface area contributed by atoms with Crippen LogP contribution in [0.2, 0.25) is 0 Å². The monoisotopic (exact) mass is 601 g/mol. The molecule has 2 aliphatic rings. The van der Waals surface area contributed by atoms with E-state index in [1.807, 2.05) is 0 Å². The van der Waals surface area contributed by atoms with Crippen LogP contribution < -0.4 is 10.1 Å². The van der Waals surface area contributed by atoms with E-state index >= 15 is 0 Å². The Morgan fingerprint density at radius 2 is 1.55 bits per heavy atom. The smallest absolute Gasteiger partial charge is 0.220 e. The number of unbranched alkanes of at least 4 members (excludes halogenated alkanes) is 5. The first kappa shape index (κ1) is 34.6. The van der Waals surface area contributed by atoms with E-state index in [4.69, 9.17) is 18.9 Å². The maximum atomic E-state index is 12.3. The fourth-order valence-electron chi connectivity index (χ4n) is 5.30. The van der Waals surface area contributed by atoms with E-state index in [0.717, 1.165) is 24.8 Å². The molecule has 0 aromatic heterocycles. The van der Waals surface area contributed by atoms with E-state index in [1.165, 1.54) is 26.4 Å². The normalized spacial score (nSPS) is 33.4.